The van der Waals surface area contributed by atoms with Crippen LogP contribution >= 0.6 is 0 Å². The third-order valence-electron chi connectivity index (χ3n) is 7.07. The lowest BCUT2D eigenvalue weighted by molar-refractivity contribution is -0.0379. The van der Waals surface area contributed by atoms with Crippen molar-refractivity contribution in [3.8, 4) is 11.8 Å². The Hall–Kier alpha value is -5.28. The summed E-state index contributed by atoms with van der Waals surface area (Å²) in [5.41, 5.74) is 0.585. The second kappa shape index (κ2) is 12.1. The predicted octanol–water partition coefficient (Wildman–Crippen LogP) is 3.85. The van der Waals surface area contributed by atoms with E-state index in [0.717, 1.165) is 23.3 Å². The zero-order chi connectivity index (χ0) is 29.7. The molecule has 0 aliphatic heterocycles. The van der Waals surface area contributed by atoms with Gasteiger partial charge in [-0.3, -0.25) is 0 Å². The number of nitrogens with zero attached hydrogens (tertiary/aromatic N) is 8. The molecule has 0 saturated carbocycles. The molecule has 0 unspecified atom stereocenters. The Labute approximate surface area is 239 Å². The molecule has 0 aliphatic rings. The minimum Gasteiger partial charge on any atom is -0.383 e. The Morgan fingerprint density at radius 3 is 2.50 bits per heavy atom. The van der Waals surface area contributed by atoms with E-state index >= 15 is 0 Å². The standard InChI is InChI=1S/C30H26F2N8O2/c1-21(30(42,18-38-20-34-19-35-38)27-14-11-25(31)15-28(27)32)3-2-4-22-9-12-26(13-10-22)40-29(41)39(36-37-40)17-24-7-5-23(16-33)6-8-24/h2,4-15,19-21,42H,3,17-18H2,1H3/b4-2+/t21-,30+/m0/s1. The number of aliphatic hydroxyl groups is 1. The molecule has 2 heterocycles. The Morgan fingerprint density at radius 2 is 1.83 bits per heavy atom. The molecule has 1 N–H and O–H groups in total. The van der Waals surface area contributed by atoms with Gasteiger partial charge in [-0.2, -0.15) is 19.7 Å². The first-order chi connectivity index (χ1) is 20.3. The van der Waals surface area contributed by atoms with Crippen LogP contribution in [0.15, 0.2) is 90.3 Å². The molecule has 0 radical (unpaired) electrons. The first-order valence-corrected chi connectivity index (χ1v) is 13.1. The number of allylic oxidation sites excluding steroid dienone is 1. The van der Waals surface area contributed by atoms with E-state index in [4.69, 9.17) is 5.26 Å². The SMILES string of the molecule is C[C@@H](C/C=C/c1ccc(-n2nnn(Cc3ccc(C#N)cc3)c2=O)cc1)[C@](O)(Cn1cncn1)c1ccc(F)cc1F. The second-order valence-electron chi connectivity index (χ2n) is 9.91. The van der Waals surface area contributed by atoms with Crippen molar-refractivity contribution in [3.05, 3.63) is 130 Å². The van der Waals surface area contributed by atoms with E-state index in [1.165, 1.54) is 32.8 Å². The van der Waals surface area contributed by atoms with E-state index in [1.54, 1.807) is 43.3 Å². The van der Waals surface area contributed by atoms with E-state index < -0.39 is 28.8 Å². The molecular formula is C30H26F2N8O2. The zero-order valence-electron chi connectivity index (χ0n) is 22.5. The zero-order valence-corrected chi connectivity index (χ0v) is 22.5. The van der Waals surface area contributed by atoms with Gasteiger partial charge in [-0.05, 0) is 64.2 Å². The molecule has 0 aliphatic carbocycles. The van der Waals surface area contributed by atoms with Gasteiger partial charge in [0.2, 0.25) is 0 Å². The summed E-state index contributed by atoms with van der Waals surface area (Å²) in [7, 11) is 0. The topological polar surface area (TPSA) is 127 Å². The Bertz CT molecular complexity index is 1790. The van der Waals surface area contributed by atoms with Gasteiger partial charge >= 0.3 is 5.69 Å². The fraction of sp³-hybridized carbons (Fsp3) is 0.200. The highest BCUT2D eigenvalue weighted by molar-refractivity contribution is 5.51. The van der Waals surface area contributed by atoms with Gasteiger partial charge in [0.1, 0.15) is 29.9 Å². The van der Waals surface area contributed by atoms with Crippen LogP contribution in [0.2, 0.25) is 0 Å². The van der Waals surface area contributed by atoms with Crippen LogP contribution in [0, 0.1) is 28.9 Å². The molecule has 5 aromatic rings. The largest absolute Gasteiger partial charge is 0.383 e. The summed E-state index contributed by atoms with van der Waals surface area (Å²) >= 11 is 0. The lowest BCUT2D eigenvalue weighted by Crippen LogP contribution is -2.39. The summed E-state index contributed by atoms with van der Waals surface area (Å²) in [6.45, 7) is 1.93. The Morgan fingerprint density at radius 1 is 1.07 bits per heavy atom. The summed E-state index contributed by atoms with van der Waals surface area (Å²) in [6.07, 6.45) is 6.81. The molecule has 0 bridgehead atoms. The lowest BCUT2D eigenvalue weighted by Gasteiger charge is -2.34. The first kappa shape index (κ1) is 28.3. The molecule has 12 heteroatoms. The highest BCUT2D eigenvalue weighted by atomic mass is 19.1. The van der Waals surface area contributed by atoms with Gasteiger partial charge in [0.15, 0.2) is 0 Å². The smallest absolute Gasteiger partial charge is 0.368 e. The normalized spacial score (nSPS) is 13.6. The maximum atomic E-state index is 14.8. The summed E-state index contributed by atoms with van der Waals surface area (Å²) in [5.74, 6) is -2.05. The predicted molar refractivity (Wildman–Crippen MR) is 149 cm³/mol. The van der Waals surface area contributed by atoms with E-state index in [1.807, 2.05) is 24.3 Å². The van der Waals surface area contributed by atoms with Crippen molar-refractivity contribution in [2.45, 2.75) is 32.0 Å². The number of hydrogen-bond donors (Lipinski definition) is 1. The van der Waals surface area contributed by atoms with Gasteiger partial charge in [-0.25, -0.2) is 23.2 Å². The maximum absolute atomic E-state index is 14.8. The van der Waals surface area contributed by atoms with Crippen LogP contribution in [0.4, 0.5) is 8.78 Å². The number of aromatic nitrogens is 7. The Balaban J connectivity index is 1.28. The molecule has 3 aromatic carbocycles. The van der Waals surface area contributed by atoms with Crippen LogP contribution in [0.1, 0.15) is 35.6 Å². The molecule has 0 amide bonds. The van der Waals surface area contributed by atoms with Gasteiger partial charge in [-0.15, -0.1) is 0 Å². The highest BCUT2D eigenvalue weighted by Crippen LogP contribution is 2.35. The summed E-state index contributed by atoms with van der Waals surface area (Å²) < 4.78 is 32.2. The van der Waals surface area contributed by atoms with Crippen molar-refractivity contribution in [1.82, 2.24) is 34.6 Å². The van der Waals surface area contributed by atoms with E-state index in [2.05, 4.69) is 26.6 Å². The molecule has 212 valence electrons. The van der Waals surface area contributed by atoms with Gasteiger partial charge < -0.3 is 5.11 Å². The minimum atomic E-state index is -1.69. The molecule has 0 spiro atoms. The van der Waals surface area contributed by atoms with Crippen molar-refractivity contribution in [2.75, 3.05) is 0 Å². The van der Waals surface area contributed by atoms with Crippen molar-refractivity contribution < 1.29 is 13.9 Å². The average molecular weight is 569 g/mol. The second-order valence-corrected chi connectivity index (χ2v) is 9.91. The molecule has 0 saturated heterocycles. The monoisotopic (exact) mass is 568 g/mol. The Kier molecular flexibility index (Phi) is 8.12. The molecule has 2 atom stereocenters. The molecule has 0 fully saturated rings. The van der Waals surface area contributed by atoms with Crippen LogP contribution in [0.5, 0.6) is 0 Å². The lowest BCUT2D eigenvalue weighted by atomic mass is 9.80. The number of nitriles is 1. The van der Waals surface area contributed by atoms with Gasteiger partial charge in [0.25, 0.3) is 0 Å². The minimum absolute atomic E-state index is 0.0256. The van der Waals surface area contributed by atoms with Crippen LogP contribution < -0.4 is 5.69 Å². The molecule has 5 rings (SSSR count). The molecular weight excluding hydrogens is 542 g/mol. The fourth-order valence-electron chi connectivity index (χ4n) is 4.63. The van der Waals surface area contributed by atoms with E-state index in [0.29, 0.717) is 17.7 Å². The summed E-state index contributed by atoms with van der Waals surface area (Å²) in [4.78, 5) is 16.7. The van der Waals surface area contributed by atoms with Gasteiger partial charge in [-0.1, -0.05) is 49.4 Å². The third-order valence-corrected chi connectivity index (χ3v) is 7.07. The average Bonchev–Trinajstić information content (AvgIpc) is 3.63. The number of benzene rings is 3. The van der Waals surface area contributed by atoms with Crippen LogP contribution in [-0.2, 0) is 18.7 Å². The maximum Gasteiger partial charge on any atom is 0.368 e. The third kappa shape index (κ3) is 6.06. The van der Waals surface area contributed by atoms with Crippen LogP contribution in [0.25, 0.3) is 11.8 Å². The highest BCUT2D eigenvalue weighted by Gasteiger charge is 2.38. The van der Waals surface area contributed by atoms with Gasteiger partial charge in [0, 0.05) is 11.6 Å². The van der Waals surface area contributed by atoms with E-state index in [9.17, 15) is 18.7 Å². The molecule has 42 heavy (non-hydrogen) atoms. The van der Waals surface area contributed by atoms with Crippen molar-refractivity contribution in [2.24, 2.45) is 5.92 Å². The van der Waals surface area contributed by atoms with Gasteiger partial charge in [0.05, 0.1) is 30.4 Å². The first-order valence-electron chi connectivity index (χ1n) is 13.1. The van der Waals surface area contributed by atoms with Crippen molar-refractivity contribution >= 4 is 6.08 Å². The quantitative estimate of drug-likeness (QED) is 0.271. The number of hydrogen-bond acceptors (Lipinski definition) is 7. The number of rotatable bonds is 10. The van der Waals surface area contributed by atoms with E-state index in [-0.39, 0.29) is 18.7 Å². The van der Waals surface area contributed by atoms with Crippen molar-refractivity contribution in [3.63, 3.8) is 0 Å². The van der Waals surface area contributed by atoms with Crippen molar-refractivity contribution in [1.29, 1.82) is 5.26 Å². The van der Waals surface area contributed by atoms with Crippen LogP contribution in [-0.4, -0.2) is 39.7 Å². The number of tetrazole rings is 1. The summed E-state index contributed by atoms with van der Waals surface area (Å²) in [5, 5.41) is 32.6. The molecule has 2 aromatic heterocycles. The summed E-state index contributed by atoms with van der Waals surface area (Å²) in [6, 6.07) is 19.1. The molecule has 10 nitrogen and oxygen atoms in total. The van der Waals surface area contributed by atoms with Crippen LogP contribution in [0.3, 0.4) is 0 Å². The number of halogens is 2. The fourth-order valence-corrected chi connectivity index (χ4v) is 4.63.